The van der Waals surface area contributed by atoms with E-state index in [1.54, 1.807) is 30.3 Å². The predicted molar refractivity (Wildman–Crippen MR) is 118 cm³/mol. The van der Waals surface area contributed by atoms with Gasteiger partial charge in [-0.25, -0.2) is 17.9 Å². The second-order valence-corrected chi connectivity index (χ2v) is 9.15. The molecule has 178 valence electrons. The van der Waals surface area contributed by atoms with Crippen molar-refractivity contribution < 1.29 is 36.6 Å². The summed E-state index contributed by atoms with van der Waals surface area (Å²) < 4.78 is 48.4. The van der Waals surface area contributed by atoms with E-state index in [2.05, 4.69) is 10.0 Å². The number of carbonyl (C=O) groups excluding carboxylic acids is 2. The van der Waals surface area contributed by atoms with Gasteiger partial charge < -0.3 is 23.9 Å². The number of furan rings is 1. The summed E-state index contributed by atoms with van der Waals surface area (Å²) in [5, 5.41) is 2.69. The van der Waals surface area contributed by atoms with Crippen molar-refractivity contribution in [1.29, 1.82) is 0 Å². The predicted octanol–water partition coefficient (Wildman–Crippen LogP) is 2.35. The Morgan fingerprint density at radius 2 is 1.85 bits per heavy atom. The van der Waals surface area contributed by atoms with Gasteiger partial charge in [-0.1, -0.05) is 12.1 Å². The lowest BCUT2D eigenvalue weighted by Crippen LogP contribution is -2.35. The van der Waals surface area contributed by atoms with Crippen molar-refractivity contribution >= 4 is 21.9 Å². The van der Waals surface area contributed by atoms with Crippen molar-refractivity contribution in [3.8, 4) is 11.5 Å². The second kappa shape index (κ2) is 9.98. The van der Waals surface area contributed by atoms with Gasteiger partial charge in [0.1, 0.15) is 5.76 Å². The van der Waals surface area contributed by atoms with E-state index in [0.29, 0.717) is 17.3 Å². The van der Waals surface area contributed by atoms with Crippen molar-refractivity contribution in [2.45, 2.75) is 31.0 Å². The van der Waals surface area contributed by atoms with Crippen LogP contribution in [0, 0.1) is 0 Å². The van der Waals surface area contributed by atoms with E-state index in [4.69, 9.17) is 18.6 Å². The Morgan fingerprint density at radius 3 is 2.65 bits per heavy atom. The maximum atomic E-state index is 12.5. The Morgan fingerprint density at radius 1 is 1.03 bits per heavy atom. The van der Waals surface area contributed by atoms with Gasteiger partial charge in [0.05, 0.1) is 23.3 Å². The Hall–Kier alpha value is -3.83. The van der Waals surface area contributed by atoms with E-state index in [0.717, 1.165) is 5.56 Å². The lowest BCUT2D eigenvalue weighted by molar-refractivity contribution is -0.129. The third-order valence-corrected chi connectivity index (χ3v) is 6.35. The van der Waals surface area contributed by atoms with Crippen LogP contribution < -0.4 is 19.5 Å². The number of hydrogen-bond acceptors (Lipinski definition) is 8. The minimum atomic E-state index is -3.90. The standard InChI is InChI=1S/C23H22N2O8S/c1-15(22(26)24-12-16-7-8-20-21(10-16)32-14-31-20)33-23(27)17-4-2-6-19(11-17)34(28,29)25-13-18-5-3-9-30-18/h2-11,15,25H,12-14H2,1H3,(H,24,26). The van der Waals surface area contributed by atoms with Crippen LogP contribution in [0.4, 0.5) is 0 Å². The quantitative estimate of drug-likeness (QED) is 0.441. The fourth-order valence-corrected chi connectivity index (χ4v) is 4.16. The molecule has 2 heterocycles. The van der Waals surface area contributed by atoms with Crippen LogP contribution in [0.5, 0.6) is 11.5 Å². The number of esters is 1. The first-order chi connectivity index (χ1) is 16.3. The molecule has 0 aliphatic carbocycles. The highest BCUT2D eigenvalue weighted by atomic mass is 32.2. The van der Waals surface area contributed by atoms with Crippen LogP contribution >= 0.6 is 0 Å². The first kappa shape index (κ1) is 23.3. The summed E-state index contributed by atoms with van der Waals surface area (Å²) in [6.45, 7) is 1.75. The zero-order chi connectivity index (χ0) is 24.1. The zero-order valence-electron chi connectivity index (χ0n) is 18.1. The molecule has 2 aromatic carbocycles. The van der Waals surface area contributed by atoms with Gasteiger partial charge in [-0.15, -0.1) is 0 Å². The molecule has 0 bridgehead atoms. The SMILES string of the molecule is CC(OC(=O)c1cccc(S(=O)(=O)NCc2ccco2)c1)C(=O)NCc1ccc2c(c1)OCO2. The Bertz CT molecular complexity index is 1290. The second-order valence-electron chi connectivity index (χ2n) is 7.38. The van der Waals surface area contributed by atoms with Gasteiger partial charge in [0.2, 0.25) is 16.8 Å². The minimum absolute atomic E-state index is 0.00343. The van der Waals surface area contributed by atoms with Crippen molar-refractivity contribution in [3.05, 3.63) is 77.7 Å². The van der Waals surface area contributed by atoms with Crippen molar-refractivity contribution in [3.63, 3.8) is 0 Å². The van der Waals surface area contributed by atoms with Gasteiger partial charge in [0.15, 0.2) is 17.6 Å². The zero-order valence-corrected chi connectivity index (χ0v) is 19.0. The molecule has 1 aliphatic heterocycles. The third kappa shape index (κ3) is 5.56. The molecular formula is C23H22N2O8S. The number of nitrogens with one attached hydrogen (secondary N) is 2. The molecule has 4 rings (SSSR count). The Balaban J connectivity index is 1.33. The average Bonchev–Trinajstić information content (AvgIpc) is 3.53. The number of carbonyl (C=O) groups is 2. The molecule has 34 heavy (non-hydrogen) atoms. The van der Waals surface area contributed by atoms with E-state index in [1.165, 1.54) is 37.5 Å². The molecule has 1 aliphatic rings. The monoisotopic (exact) mass is 486 g/mol. The summed E-state index contributed by atoms with van der Waals surface area (Å²) in [6.07, 6.45) is 0.339. The molecule has 1 atom stereocenters. The highest BCUT2D eigenvalue weighted by Gasteiger charge is 2.22. The van der Waals surface area contributed by atoms with Gasteiger partial charge in [0.25, 0.3) is 5.91 Å². The molecule has 0 spiro atoms. The van der Waals surface area contributed by atoms with Gasteiger partial charge >= 0.3 is 5.97 Å². The fourth-order valence-electron chi connectivity index (χ4n) is 3.12. The number of benzene rings is 2. The largest absolute Gasteiger partial charge is 0.468 e. The third-order valence-electron chi connectivity index (χ3n) is 4.95. The smallest absolute Gasteiger partial charge is 0.338 e. The molecule has 0 radical (unpaired) electrons. The topological polar surface area (TPSA) is 133 Å². The van der Waals surface area contributed by atoms with E-state index in [-0.39, 0.29) is 30.3 Å². The summed E-state index contributed by atoms with van der Waals surface area (Å²) in [5.74, 6) is 0.348. The van der Waals surface area contributed by atoms with Gasteiger partial charge in [0, 0.05) is 6.54 Å². The highest BCUT2D eigenvalue weighted by molar-refractivity contribution is 7.89. The number of rotatable bonds is 9. The molecule has 1 unspecified atom stereocenters. The molecule has 10 nitrogen and oxygen atoms in total. The normalized spacial score (nSPS) is 13.3. The highest BCUT2D eigenvalue weighted by Crippen LogP contribution is 2.32. The van der Waals surface area contributed by atoms with Gasteiger partial charge in [-0.3, -0.25) is 4.79 Å². The Labute approximate surface area is 195 Å². The molecule has 2 N–H and O–H groups in total. The van der Waals surface area contributed by atoms with E-state index in [9.17, 15) is 18.0 Å². The van der Waals surface area contributed by atoms with E-state index < -0.39 is 28.0 Å². The molecule has 1 aromatic heterocycles. The van der Waals surface area contributed by atoms with Crippen LogP contribution in [0.2, 0.25) is 0 Å². The average molecular weight is 487 g/mol. The molecule has 0 fully saturated rings. The lowest BCUT2D eigenvalue weighted by Gasteiger charge is -2.14. The summed E-state index contributed by atoms with van der Waals surface area (Å²) >= 11 is 0. The number of hydrogen-bond donors (Lipinski definition) is 2. The van der Waals surface area contributed by atoms with Crippen LogP contribution in [0.25, 0.3) is 0 Å². The summed E-state index contributed by atoms with van der Waals surface area (Å²) in [6, 6.07) is 13.9. The first-order valence-corrected chi connectivity index (χ1v) is 11.8. The molecule has 0 saturated heterocycles. The van der Waals surface area contributed by atoms with Crippen LogP contribution in [0.15, 0.2) is 70.2 Å². The van der Waals surface area contributed by atoms with Gasteiger partial charge in [-0.05, 0) is 55.0 Å². The first-order valence-electron chi connectivity index (χ1n) is 10.3. The Kier molecular flexibility index (Phi) is 6.85. The lowest BCUT2D eigenvalue weighted by atomic mass is 10.2. The van der Waals surface area contributed by atoms with Gasteiger partial charge in [-0.2, -0.15) is 0 Å². The van der Waals surface area contributed by atoms with Crippen molar-refractivity contribution in [2.24, 2.45) is 0 Å². The van der Waals surface area contributed by atoms with Crippen molar-refractivity contribution in [2.75, 3.05) is 6.79 Å². The van der Waals surface area contributed by atoms with E-state index in [1.807, 2.05) is 0 Å². The van der Waals surface area contributed by atoms with E-state index >= 15 is 0 Å². The minimum Gasteiger partial charge on any atom is -0.468 e. The molecule has 1 amide bonds. The number of amides is 1. The number of ether oxygens (including phenoxy) is 3. The fraction of sp³-hybridized carbons (Fsp3) is 0.217. The number of fused-ring (bicyclic) bond motifs is 1. The maximum Gasteiger partial charge on any atom is 0.338 e. The molecular weight excluding hydrogens is 464 g/mol. The summed E-state index contributed by atoms with van der Waals surface area (Å²) in [5.41, 5.74) is 0.785. The number of sulfonamides is 1. The molecule has 11 heteroatoms. The maximum absolute atomic E-state index is 12.5. The van der Waals surface area contributed by atoms with Crippen molar-refractivity contribution in [1.82, 2.24) is 10.0 Å². The summed E-state index contributed by atoms with van der Waals surface area (Å²) in [7, 11) is -3.90. The molecule has 0 saturated carbocycles. The van der Waals surface area contributed by atoms with Crippen LogP contribution in [0.1, 0.15) is 28.6 Å². The van der Waals surface area contributed by atoms with Crippen LogP contribution in [-0.4, -0.2) is 33.2 Å². The summed E-state index contributed by atoms with van der Waals surface area (Å²) in [4.78, 5) is 24.8. The van der Waals surface area contributed by atoms with Crippen LogP contribution in [-0.2, 0) is 32.6 Å². The van der Waals surface area contributed by atoms with Crippen LogP contribution in [0.3, 0.4) is 0 Å². The molecule has 3 aromatic rings.